The number of hydrogen-bond donors (Lipinski definition) is 0. The van der Waals surface area contributed by atoms with Crippen molar-refractivity contribution in [1.29, 1.82) is 0 Å². The second-order valence-electron chi connectivity index (χ2n) is 2.34. The molecule has 0 aliphatic heterocycles. The average Bonchev–Trinajstić information content (AvgIpc) is 1.82. The van der Waals surface area contributed by atoms with Crippen molar-refractivity contribution >= 4 is 13.8 Å². The van der Waals surface area contributed by atoms with Crippen LogP contribution in [-0.2, 0) is 13.9 Å². The molecule has 2 atom stereocenters. The van der Waals surface area contributed by atoms with Gasteiger partial charge in [0.05, 0.1) is 6.61 Å². The van der Waals surface area contributed by atoms with Crippen molar-refractivity contribution in [3.8, 4) is 0 Å². The number of hydrogen-bond acceptors (Lipinski definition) is 3. The molecule has 13 heavy (non-hydrogen) atoms. The molecule has 78 valence electrons. The molecule has 0 aromatic rings. The maximum Gasteiger partial charge on any atom is 0.407 e. The van der Waals surface area contributed by atoms with E-state index in [9.17, 15) is 22.5 Å². The van der Waals surface area contributed by atoms with E-state index in [1.807, 2.05) is 0 Å². The highest BCUT2D eigenvalue weighted by molar-refractivity contribution is 7.41. The summed E-state index contributed by atoms with van der Waals surface area (Å²) in [4.78, 5) is 10.5. The summed E-state index contributed by atoms with van der Waals surface area (Å²) >= 11 is 0. The number of Topliss-reactive ketones (excluding diaryl/α,β-unsaturated/α-hetero) is 1. The third-order valence-corrected chi connectivity index (χ3v) is 3.03. The zero-order valence-corrected chi connectivity index (χ0v) is 8.14. The predicted molar refractivity (Wildman–Crippen MR) is 41.2 cm³/mol. The highest BCUT2D eigenvalue weighted by Crippen LogP contribution is 2.40. The summed E-state index contributed by atoms with van der Waals surface area (Å²) in [5.41, 5.74) is -2.46. The van der Waals surface area contributed by atoms with Gasteiger partial charge in [-0.3, -0.25) is 9.36 Å². The Balaban J connectivity index is 4.63. The van der Waals surface area contributed by atoms with Gasteiger partial charge in [-0.25, -0.2) is 0 Å². The van der Waals surface area contributed by atoms with Crippen molar-refractivity contribution in [2.75, 3.05) is 6.61 Å². The Morgan fingerprint density at radius 1 is 1.54 bits per heavy atom. The van der Waals surface area contributed by atoms with Crippen molar-refractivity contribution in [3.63, 3.8) is 0 Å². The lowest BCUT2D eigenvalue weighted by Gasteiger charge is -2.16. The summed E-state index contributed by atoms with van der Waals surface area (Å²) in [6, 6.07) is 0. The van der Waals surface area contributed by atoms with E-state index in [-0.39, 0.29) is 6.61 Å². The van der Waals surface area contributed by atoms with E-state index in [2.05, 4.69) is 4.52 Å². The largest absolute Gasteiger partial charge is 0.407 e. The predicted octanol–water partition coefficient (Wildman–Crippen LogP) is 2.02. The molecule has 2 unspecified atom stereocenters. The van der Waals surface area contributed by atoms with Crippen LogP contribution in [0.1, 0.15) is 13.8 Å². The Morgan fingerprint density at radius 3 is 2.23 bits per heavy atom. The Morgan fingerprint density at radius 2 is 2.00 bits per heavy atom. The van der Waals surface area contributed by atoms with Crippen LogP contribution in [0.3, 0.4) is 0 Å². The third-order valence-electron chi connectivity index (χ3n) is 1.26. The smallest absolute Gasteiger partial charge is 0.330 e. The number of halogens is 3. The second-order valence-corrected chi connectivity index (χ2v) is 3.84. The van der Waals surface area contributed by atoms with Crippen LogP contribution < -0.4 is 0 Å². The van der Waals surface area contributed by atoms with Crippen molar-refractivity contribution in [2.24, 2.45) is 0 Å². The molecule has 0 bridgehead atoms. The average molecular weight is 218 g/mol. The van der Waals surface area contributed by atoms with Gasteiger partial charge in [-0.15, -0.1) is 0 Å². The molecule has 0 aliphatic rings. The summed E-state index contributed by atoms with van der Waals surface area (Å²) in [7, 11) is -3.36. The van der Waals surface area contributed by atoms with E-state index in [4.69, 9.17) is 0 Å². The highest BCUT2D eigenvalue weighted by atomic mass is 31.1. The van der Waals surface area contributed by atoms with Crippen molar-refractivity contribution < 1.29 is 27.1 Å². The van der Waals surface area contributed by atoms with E-state index in [0.29, 0.717) is 0 Å². The lowest BCUT2D eigenvalue weighted by molar-refractivity contribution is -0.148. The third kappa shape index (κ3) is 3.91. The Bertz CT molecular complexity index is 214. The van der Waals surface area contributed by atoms with Crippen molar-refractivity contribution in [3.05, 3.63) is 0 Å². The van der Waals surface area contributed by atoms with Crippen LogP contribution in [0.5, 0.6) is 0 Å². The van der Waals surface area contributed by atoms with E-state index in [1.165, 1.54) is 6.92 Å². The van der Waals surface area contributed by atoms with Gasteiger partial charge < -0.3 is 4.52 Å². The van der Waals surface area contributed by atoms with Crippen LogP contribution in [0.2, 0.25) is 0 Å². The molecule has 0 saturated heterocycles. The minimum absolute atomic E-state index is 0.0995. The number of rotatable bonds is 4. The topological polar surface area (TPSA) is 43.4 Å². The molecule has 0 amide bonds. The van der Waals surface area contributed by atoms with E-state index in [1.54, 1.807) is 0 Å². The van der Waals surface area contributed by atoms with E-state index < -0.39 is 25.6 Å². The summed E-state index contributed by atoms with van der Waals surface area (Å²) in [6.07, 6.45) is -4.78. The normalized spacial score (nSPS) is 16.7. The molecule has 0 aromatic carbocycles. The maximum absolute atomic E-state index is 12.1. The van der Waals surface area contributed by atoms with Crippen molar-refractivity contribution in [2.45, 2.75) is 25.7 Å². The second kappa shape index (κ2) is 4.77. The first-order chi connectivity index (χ1) is 5.80. The fourth-order valence-corrected chi connectivity index (χ4v) is 1.81. The maximum atomic E-state index is 12.1. The molecule has 0 N–H and O–H groups in total. The molecule has 0 heterocycles. The molecule has 7 heteroatoms. The monoisotopic (exact) mass is 218 g/mol. The number of carbonyl (C=O) groups is 1. The first-order valence-electron chi connectivity index (χ1n) is 3.54. The SMILES string of the molecule is CCO[PH](=O)C(C(C)=O)C(F)(F)F. The Labute approximate surface area is 74.1 Å². The fraction of sp³-hybridized carbons (Fsp3) is 0.833. The molecule has 0 spiro atoms. The summed E-state index contributed by atoms with van der Waals surface area (Å²) in [5, 5.41) is 0. The zero-order valence-electron chi connectivity index (χ0n) is 7.14. The van der Waals surface area contributed by atoms with Crippen LogP contribution in [0.15, 0.2) is 0 Å². The van der Waals surface area contributed by atoms with Crippen LogP contribution >= 0.6 is 8.03 Å². The van der Waals surface area contributed by atoms with Gasteiger partial charge in [0, 0.05) is 0 Å². The lowest BCUT2D eigenvalue weighted by atomic mass is 10.3. The Hall–Kier alpha value is -0.350. The van der Waals surface area contributed by atoms with Crippen LogP contribution in [0, 0.1) is 0 Å². The standard InChI is InChI=1S/C6H10F3O3P/c1-3-12-13(11)5(4(2)10)6(7,8)9/h5,13H,3H2,1-2H3. The van der Waals surface area contributed by atoms with Crippen molar-refractivity contribution in [1.82, 2.24) is 0 Å². The van der Waals surface area contributed by atoms with E-state index >= 15 is 0 Å². The van der Waals surface area contributed by atoms with Gasteiger partial charge in [-0.05, 0) is 13.8 Å². The molecular formula is C6H10F3O3P. The summed E-state index contributed by atoms with van der Waals surface area (Å²) < 4.78 is 51.4. The molecule has 3 nitrogen and oxygen atoms in total. The number of alkyl halides is 3. The Kier molecular flexibility index (Phi) is 4.64. The van der Waals surface area contributed by atoms with Gasteiger partial charge in [0.15, 0.2) is 11.4 Å². The molecule has 0 radical (unpaired) electrons. The van der Waals surface area contributed by atoms with Gasteiger partial charge in [0.2, 0.25) is 8.03 Å². The first-order valence-corrected chi connectivity index (χ1v) is 4.93. The van der Waals surface area contributed by atoms with Crippen LogP contribution in [0.4, 0.5) is 13.2 Å². The van der Waals surface area contributed by atoms with E-state index in [0.717, 1.165) is 6.92 Å². The van der Waals surface area contributed by atoms with Gasteiger partial charge in [0.1, 0.15) is 0 Å². The zero-order chi connectivity index (χ0) is 10.6. The van der Waals surface area contributed by atoms with Gasteiger partial charge in [-0.2, -0.15) is 13.2 Å². The molecule has 0 aromatic heterocycles. The summed E-state index contributed by atoms with van der Waals surface area (Å²) in [5.74, 6) is -1.18. The van der Waals surface area contributed by atoms with Crippen LogP contribution in [-0.4, -0.2) is 24.2 Å². The first kappa shape index (κ1) is 12.7. The summed E-state index contributed by atoms with van der Waals surface area (Å²) in [6.45, 7) is 2.06. The van der Waals surface area contributed by atoms with Crippen LogP contribution in [0.25, 0.3) is 0 Å². The lowest BCUT2D eigenvalue weighted by Crippen LogP contribution is -2.32. The van der Waals surface area contributed by atoms with Gasteiger partial charge in [-0.1, -0.05) is 0 Å². The quantitative estimate of drug-likeness (QED) is 0.678. The molecule has 0 rings (SSSR count). The van der Waals surface area contributed by atoms with Gasteiger partial charge >= 0.3 is 6.18 Å². The number of carbonyl (C=O) groups excluding carboxylic acids is 1. The number of ketones is 1. The van der Waals surface area contributed by atoms with Gasteiger partial charge in [0.25, 0.3) is 0 Å². The molecule has 0 aliphatic carbocycles. The molecular weight excluding hydrogens is 208 g/mol. The highest BCUT2D eigenvalue weighted by Gasteiger charge is 2.47. The fourth-order valence-electron chi connectivity index (χ4n) is 0.756. The molecule has 0 saturated carbocycles. The minimum Gasteiger partial charge on any atom is -0.330 e. The minimum atomic E-state index is -4.78. The molecule has 0 fully saturated rings.